The van der Waals surface area contributed by atoms with Gasteiger partial charge in [0.05, 0.1) is 6.54 Å². The maximum absolute atomic E-state index is 11.9. The van der Waals surface area contributed by atoms with Crippen molar-refractivity contribution in [1.29, 1.82) is 0 Å². The fraction of sp³-hybridized carbons (Fsp3) is 0.818. The Bertz CT molecular complexity index is 251. The molecule has 1 aliphatic rings. The van der Waals surface area contributed by atoms with Gasteiger partial charge in [-0.2, -0.15) is 0 Å². The minimum Gasteiger partial charge on any atom is -0.343 e. The summed E-state index contributed by atoms with van der Waals surface area (Å²) in [6.07, 6.45) is 2.00. The van der Waals surface area contributed by atoms with Crippen LogP contribution in [0.2, 0.25) is 0 Å². The molecule has 0 aromatic carbocycles. The molecule has 0 bridgehead atoms. The van der Waals surface area contributed by atoms with Crippen molar-refractivity contribution in [2.45, 2.75) is 39.7 Å². The molecule has 1 atom stereocenters. The largest absolute Gasteiger partial charge is 0.343 e. The van der Waals surface area contributed by atoms with Crippen LogP contribution in [0.3, 0.4) is 0 Å². The Labute approximate surface area is 91.0 Å². The number of hydrogen-bond donors (Lipinski definition) is 1. The van der Waals surface area contributed by atoms with E-state index in [-0.39, 0.29) is 30.3 Å². The average Bonchev–Trinajstić information content (AvgIpc) is 2.18. The minimum atomic E-state index is -0.330. The molecule has 1 rings (SSSR count). The van der Waals surface area contributed by atoms with Crippen LogP contribution < -0.4 is 5.32 Å². The highest BCUT2D eigenvalue weighted by atomic mass is 16.2. The van der Waals surface area contributed by atoms with Gasteiger partial charge in [0.15, 0.2) is 0 Å². The topological polar surface area (TPSA) is 49.4 Å². The molecule has 1 aliphatic heterocycles. The Morgan fingerprint density at radius 2 is 2.13 bits per heavy atom. The highest BCUT2D eigenvalue weighted by Crippen LogP contribution is 2.11. The minimum absolute atomic E-state index is 0.0376. The molecule has 1 heterocycles. The molecule has 0 aromatic rings. The van der Waals surface area contributed by atoms with Crippen LogP contribution in [0.5, 0.6) is 0 Å². The van der Waals surface area contributed by atoms with Gasteiger partial charge in [-0.15, -0.1) is 0 Å². The van der Waals surface area contributed by atoms with E-state index >= 15 is 0 Å². The van der Waals surface area contributed by atoms with E-state index in [1.807, 2.05) is 13.8 Å². The lowest BCUT2D eigenvalue weighted by atomic mass is 10.0. The fourth-order valence-corrected chi connectivity index (χ4v) is 1.72. The number of carbonyl (C=O) groups is 2. The van der Waals surface area contributed by atoms with Crippen LogP contribution in [0.4, 0.5) is 0 Å². The molecular formula is C11H20N2O2. The number of amides is 2. The van der Waals surface area contributed by atoms with Gasteiger partial charge in [0.25, 0.3) is 0 Å². The Hall–Kier alpha value is -1.06. The summed E-state index contributed by atoms with van der Waals surface area (Å²) in [6.45, 7) is 6.90. The van der Waals surface area contributed by atoms with Gasteiger partial charge in [-0.1, -0.05) is 27.2 Å². The summed E-state index contributed by atoms with van der Waals surface area (Å²) in [7, 11) is 0. The second-order valence-electron chi connectivity index (χ2n) is 4.40. The first kappa shape index (κ1) is 12.0. The van der Waals surface area contributed by atoms with E-state index in [2.05, 4.69) is 12.2 Å². The zero-order chi connectivity index (χ0) is 11.4. The Balaban J connectivity index is 2.63. The summed E-state index contributed by atoms with van der Waals surface area (Å²) in [4.78, 5) is 25.0. The smallest absolute Gasteiger partial charge is 0.245 e. The van der Waals surface area contributed by atoms with Gasteiger partial charge in [-0.05, 0) is 12.3 Å². The van der Waals surface area contributed by atoms with Crippen LogP contribution in [-0.2, 0) is 9.59 Å². The lowest BCUT2D eigenvalue weighted by Gasteiger charge is -2.34. The average molecular weight is 212 g/mol. The first-order chi connectivity index (χ1) is 7.06. The summed E-state index contributed by atoms with van der Waals surface area (Å²) in [5.41, 5.74) is 0. The highest BCUT2D eigenvalue weighted by Gasteiger charge is 2.33. The van der Waals surface area contributed by atoms with Gasteiger partial charge in [0.1, 0.15) is 6.04 Å². The Morgan fingerprint density at radius 1 is 1.47 bits per heavy atom. The molecule has 0 aromatic heterocycles. The predicted molar refractivity (Wildman–Crippen MR) is 58.3 cm³/mol. The van der Waals surface area contributed by atoms with E-state index in [1.165, 1.54) is 0 Å². The zero-order valence-electron chi connectivity index (χ0n) is 9.75. The zero-order valence-corrected chi connectivity index (χ0v) is 9.75. The van der Waals surface area contributed by atoms with Gasteiger partial charge in [0, 0.05) is 6.54 Å². The third-order valence-electron chi connectivity index (χ3n) is 2.68. The second-order valence-corrected chi connectivity index (χ2v) is 4.40. The molecule has 15 heavy (non-hydrogen) atoms. The van der Waals surface area contributed by atoms with Gasteiger partial charge < -0.3 is 10.2 Å². The molecule has 0 saturated carbocycles. The van der Waals surface area contributed by atoms with Crippen molar-refractivity contribution in [3.63, 3.8) is 0 Å². The van der Waals surface area contributed by atoms with Gasteiger partial charge in [0.2, 0.25) is 11.8 Å². The second kappa shape index (κ2) is 5.14. The summed E-state index contributed by atoms with van der Waals surface area (Å²) in [5.74, 6) is 0.188. The molecular weight excluding hydrogens is 192 g/mol. The van der Waals surface area contributed by atoms with E-state index in [0.717, 1.165) is 12.8 Å². The van der Waals surface area contributed by atoms with Crippen molar-refractivity contribution in [1.82, 2.24) is 10.2 Å². The molecule has 0 radical (unpaired) electrons. The summed E-state index contributed by atoms with van der Waals surface area (Å²) >= 11 is 0. The molecule has 1 unspecified atom stereocenters. The normalized spacial score (nSPS) is 22.1. The van der Waals surface area contributed by atoms with Crippen LogP contribution in [0.1, 0.15) is 33.6 Å². The standard InChI is InChI=1S/C11H20N2O2/c1-4-5-6-13-7-9(14)12-10(8(2)3)11(13)15/h8,10H,4-7H2,1-3H3,(H,12,14). The SMILES string of the molecule is CCCCN1CC(=O)NC(C(C)C)C1=O. The van der Waals surface area contributed by atoms with E-state index in [9.17, 15) is 9.59 Å². The number of nitrogens with zero attached hydrogens (tertiary/aromatic N) is 1. The lowest BCUT2D eigenvalue weighted by molar-refractivity contribution is -0.145. The molecule has 86 valence electrons. The number of unbranched alkanes of at least 4 members (excludes halogenated alkanes) is 1. The van der Waals surface area contributed by atoms with Crippen molar-refractivity contribution in [3.8, 4) is 0 Å². The van der Waals surface area contributed by atoms with E-state index in [0.29, 0.717) is 6.54 Å². The summed E-state index contributed by atoms with van der Waals surface area (Å²) in [5, 5.41) is 2.74. The van der Waals surface area contributed by atoms with Crippen molar-refractivity contribution in [2.75, 3.05) is 13.1 Å². The molecule has 1 N–H and O–H groups in total. The first-order valence-corrected chi connectivity index (χ1v) is 5.64. The molecule has 4 heteroatoms. The summed E-state index contributed by atoms with van der Waals surface area (Å²) < 4.78 is 0. The third kappa shape index (κ3) is 2.94. The van der Waals surface area contributed by atoms with Crippen molar-refractivity contribution < 1.29 is 9.59 Å². The van der Waals surface area contributed by atoms with E-state index < -0.39 is 0 Å². The van der Waals surface area contributed by atoms with Gasteiger partial charge in [-0.25, -0.2) is 0 Å². The van der Waals surface area contributed by atoms with Crippen molar-refractivity contribution >= 4 is 11.8 Å². The fourth-order valence-electron chi connectivity index (χ4n) is 1.72. The third-order valence-corrected chi connectivity index (χ3v) is 2.68. The van der Waals surface area contributed by atoms with Crippen LogP contribution >= 0.6 is 0 Å². The van der Waals surface area contributed by atoms with E-state index in [4.69, 9.17) is 0 Å². The van der Waals surface area contributed by atoms with Crippen LogP contribution in [0.15, 0.2) is 0 Å². The highest BCUT2D eigenvalue weighted by molar-refractivity contribution is 5.94. The maximum atomic E-state index is 11.9. The lowest BCUT2D eigenvalue weighted by Crippen LogP contribution is -2.59. The number of carbonyl (C=O) groups excluding carboxylic acids is 2. The Morgan fingerprint density at radius 3 is 2.67 bits per heavy atom. The van der Waals surface area contributed by atoms with Crippen LogP contribution in [-0.4, -0.2) is 35.8 Å². The quantitative estimate of drug-likeness (QED) is 0.748. The number of nitrogens with one attached hydrogen (secondary N) is 1. The number of hydrogen-bond acceptors (Lipinski definition) is 2. The van der Waals surface area contributed by atoms with Crippen molar-refractivity contribution in [3.05, 3.63) is 0 Å². The van der Waals surface area contributed by atoms with Gasteiger partial charge in [-0.3, -0.25) is 9.59 Å². The molecule has 0 spiro atoms. The first-order valence-electron chi connectivity index (χ1n) is 5.64. The van der Waals surface area contributed by atoms with Gasteiger partial charge >= 0.3 is 0 Å². The molecule has 1 fully saturated rings. The molecule has 4 nitrogen and oxygen atoms in total. The predicted octanol–water partition coefficient (Wildman–Crippen LogP) is 0.769. The molecule has 2 amide bonds. The summed E-state index contributed by atoms with van der Waals surface area (Å²) in [6, 6.07) is -0.330. The molecule has 0 aliphatic carbocycles. The number of piperazine rings is 1. The van der Waals surface area contributed by atoms with E-state index in [1.54, 1.807) is 4.90 Å². The Kier molecular flexibility index (Phi) is 4.12. The maximum Gasteiger partial charge on any atom is 0.245 e. The number of rotatable bonds is 4. The van der Waals surface area contributed by atoms with Crippen LogP contribution in [0, 0.1) is 5.92 Å². The van der Waals surface area contributed by atoms with Crippen molar-refractivity contribution in [2.24, 2.45) is 5.92 Å². The molecule has 1 saturated heterocycles. The van der Waals surface area contributed by atoms with Crippen LogP contribution in [0.25, 0.3) is 0 Å². The monoisotopic (exact) mass is 212 g/mol.